The van der Waals surface area contributed by atoms with Crippen molar-refractivity contribution in [2.75, 3.05) is 44.2 Å². The summed E-state index contributed by atoms with van der Waals surface area (Å²) in [7, 11) is -1.65. The minimum atomic E-state index is -1.65. The second-order valence-electron chi connectivity index (χ2n) is 10.0. The molecular formula is C21H34Cl2N2O2Si. The van der Waals surface area contributed by atoms with Crippen molar-refractivity contribution in [3.8, 4) is 5.75 Å². The first-order chi connectivity index (χ1) is 12.9. The summed E-state index contributed by atoms with van der Waals surface area (Å²) >= 11 is 12.5. The molecule has 1 spiro atoms. The zero-order valence-electron chi connectivity index (χ0n) is 17.8. The fourth-order valence-corrected chi connectivity index (χ4v) is 5.52. The normalized spacial score (nSPS) is 20.5. The van der Waals surface area contributed by atoms with Gasteiger partial charge in [0, 0.05) is 39.3 Å². The average Bonchev–Trinajstić information content (AvgIpc) is 2.57. The Morgan fingerprint density at radius 3 is 2.32 bits per heavy atom. The first kappa shape index (κ1) is 22.2. The number of hydrogen-bond donors (Lipinski definition) is 1. The fraction of sp³-hybridized carbons (Fsp3) is 0.714. The zero-order chi connectivity index (χ0) is 20.7. The van der Waals surface area contributed by atoms with Crippen molar-refractivity contribution >= 4 is 37.2 Å². The minimum absolute atomic E-state index is 0.211. The number of nitrogens with zero attached hydrogens (tertiary/aromatic N) is 2. The highest BCUT2D eigenvalue weighted by Crippen LogP contribution is 2.45. The van der Waals surface area contributed by atoms with E-state index in [0.717, 1.165) is 52.2 Å². The highest BCUT2D eigenvalue weighted by molar-refractivity contribution is 6.74. The van der Waals surface area contributed by atoms with Crippen LogP contribution < -0.4 is 4.90 Å². The van der Waals surface area contributed by atoms with Gasteiger partial charge in [0.2, 0.25) is 0 Å². The summed E-state index contributed by atoms with van der Waals surface area (Å²) in [6, 6.07) is 3.27. The molecule has 28 heavy (non-hydrogen) atoms. The summed E-state index contributed by atoms with van der Waals surface area (Å²) in [5.41, 5.74) is 1.09. The van der Waals surface area contributed by atoms with E-state index in [-0.39, 0.29) is 10.8 Å². The lowest BCUT2D eigenvalue weighted by molar-refractivity contribution is -0.0251. The lowest BCUT2D eigenvalue weighted by Gasteiger charge is -2.54. The number of anilines is 1. The Balaban J connectivity index is 1.47. The Hall–Kier alpha value is -0.463. The van der Waals surface area contributed by atoms with Crippen molar-refractivity contribution in [3.63, 3.8) is 0 Å². The number of benzene rings is 1. The molecule has 1 aromatic carbocycles. The second kappa shape index (κ2) is 7.99. The Morgan fingerprint density at radius 1 is 1.14 bits per heavy atom. The predicted octanol–water partition coefficient (Wildman–Crippen LogP) is 5.62. The van der Waals surface area contributed by atoms with E-state index in [4.69, 9.17) is 27.6 Å². The lowest BCUT2D eigenvalue weighted by atomic mass is 9.72. The average molecular weight is 446 g/mol. The van der Waals surface area contributed by atoms with Crippen molar-refractivity contribution in [2.24, 2.45) is 5.41 Å². The van der Waals surface area contributed by atoms with Crippen LogP contribution in [0.3, 0.4) is 0 Å². The molecule has 0 aliphatic carbocycles. The van der Waals surface area contributed by atoms with Gasteiger partial charge in [0.25, 0.3) is 0 Å². The second-order valence-corrected chi connectivity index (χ2v) is 15.6. The van der Waals surface area contributed by atoms with Crippen LogP contribution in [0.2, 0.25) is 28.2 Å². The maximum atomic E-state index is 10.2. The molecule has 4 nitrogen and oxygen atoms in total. The number of piperidine rings is 1. The van der Waals surface area contributed by atoms with Gasteiger partial charge in [0.1, 0.15) is 5.75 Å². The van der Waals surface area contributed by atoms with Gasteiger partial charge in [0.05, 0.1) is 15.7 Å². The molecule has 0 amide bonds. The molecule has 0 bridgehead atoms. The van der Waals surface area contributed by atoms with Crippen LogP contribution in [-0.2, 0) is 4.43 Å². The largest absolute Gasteiger partial charge is 0.506 e. The van der Waals surface area contributed by atoms with Crippen molar-refractivity contribution in [1.82, 2.24) is 4.90 Å². The van der Waals surface area contributed by atoms with Gasteiger partial charge in [-0.3, -0.25) is 4.90 Å². The van der Waals surface area contributed by atoms with Gasteiger partial charge in [-0.1, -0.05) is 44.0 Å². The van der Waals surface area contributed by atoms with Crippen LogP contribution in [0.4, 0.5) is 5.69 Å². The van der Waals surface area contributed by atoms with Crippen LogP contribution in [0.25, 0.3) is 0 Å². The van der Waals surface area contributed by atoms with E-state index in [2.05, 4.69) is 43.7 Å². The molecule has 2 aliphatic rings. The first-order valence-electron chi connectivity index (χ1n) is 10.2. The highest BCUT2D eigenvalue weighted by atomic mass is 35.5. The molecule has 0 aromatic heterocycles. The van der Waals surface area contributed by atoms with E-state index in [1.54, 1.807) is 12.1 Å². The van der Waals surface area contributed by atoms with E-state index < -0.39 is 8.32 Å². The highest BCUT2D eigenvalue weighted by Gasteiger charge is 2.45. The van der Waals surface area contributed by atoms with E-state index in [0.29, 0.717) is 21.1 Å². The van der Waals surface area contributed by atoms with E-state index in [1.807, 2.05) is 0 Å². The van der Waals surface area contributed by atoms with Crippen molar-refractivity contribution in [3.05, 3.63) is 22.2 Å². The molecule has 2 aliphatic heterocycles. The molecule has 0 atom stereocenters. The lowest BCUT2D eigenvalue weighted by Crippen LogP contribution is -2.61. The van der Waals surface area contributed by atoms with Crippen molar-refractivity contribution < 1.29 is 9.53 Å². The SMILES string of the molecule is CC(C)(C)[Si](C)(C)OCCN1CC2(CCN(c3c(O)ccc(Cl)c3Cl)CC2)C1. The maximum absolute atomic E-state index is 10.2. The molecule has 0 saturated carbocycles. The molecular weight excluding hydrogens is 411 g/mol. The summed E-state index contributed by atoms with van der Waals surface area (Å²) in [5, 5.41) is 11.4. The monoisotopic (exact) mass is 444 g/mol. The standard InChI is InChI=1S/C21H34Cl2N2O2Si/c1-20(2,3)28(4,5)27-13-12-24-14-21(15-24)8-10-25(11-9-21)19-17(26)7-6-16(22)18(19)23/h6-7,26H,8-15H2,1-5H3. The third kappa shape index (κ3) is 4.49. The molecule has 1 aromatic rings. The van der Waals surface area contributed by atoms with E-state index in [9.17, 15) is 5.11 Å². The number of phenolic OH excluding ortho intramolecular Hbond substituents is 1. The maximum Gasteiger partial charge on any atom is 0.192 e. The zero-order valence-corrected chi connectivity index (χ0v) is 20.3. The van der Waals surface area contributed by atoms with Gasteiger partial charge in [-0.25, -0.2) is 0 Å². The summed E-state index contributed by atoms with van der Waals surface area (Å²) in [5.74, 6) is 0.211. The minimum Gasteiger partial charge on any atom is -0.506 e. The summed E-state index contributed by atoms with van der Waals surface area (Å²) in [6.07, 6.45) is 2.24. The number of hydrogen-bond acceptors (Lipinski definition) is 4. The third-order valence-electron chi connectivity index (χ3n) is 6.98. The molecule has 0 unspecified atom stereocenters. The van der Waals surface area contributed by atoms with Crippen molar-refractivity contribution in [1.29, 1.82) is 0 Å². The van der Waals surface area contributed by atoms with Crippen LogP contribution in [0, 0.1) is 5.41 Å². The van der Waals surface area contributed by atoms with Crippen LogP contribution in [0.5, 0.6) is 5.75 Å². The molecule has 7 heteroatoms. The Bertz CT molecular complexity index is 705. The van der Waals surface area contributed by atoms with Gasteiger partial charge in [-0.15, -0.1) is 0 Å². The quantitative estimate of drug-likeness (QED) is 0.597. The molecule has 2 heterocycles. The van der Waals surface area contributed by atoms with Gasteiger partial charge in [-0.2, -0.15) is 0 Å². The van der Waals surface area contributed by atoms with Gasteiger partial charge in [-0.05, 0) is 48.5 Å². The number of aromatic hydroxyl groups is 1. The number of likely N-dealkylation sites (tertiary alicyclic amines) is 1. The summed E-state index contributed by atoms with van der Waals surface area (Å²) in [6.45, 7) is 17.5. The Morgan fingerprint density at radius 2 is 1.75 bits per heavy atom. The van der Waals surface area contributed by atoms with Crippen molar-refractivity contribution in [2.45, 2.75) is 51.7 Å². The van der Waals surface area contributed by atoms with Gasteiger partial charge < -0.3 is 14.4 Å². The Kier molecular flexibility index (Phi) is 6.34. The van der Waals surface area contributed by atoms with Gasteiger partial charge in [0.15, 0.2) is 8.32 Å². The van der Waals surface area contributed by atoms with E-state index in [1.165, 1.54) is 0 Å². The molecule has 1 N–H and O–H groups in total. The molecule has 2 fully saturated rings. The van der Waals surface area contributed by atoms with Crippen LogP contribution >= 0.6 is 23.2 Å². The number of rotatable bonds is 5. The predicted molar refractivity (Wildman–Crippen MR) is 122 cm³/mol. The molecule has 0 radical (unpaired) electrons. The molecule has 3 rings (SSSR count). The number of halogens is 2. The topological polar surface area (TPSA) is 35.9 Å². The fourth-order valence-electron chi connectivity index (χ4n) is 4.06. The van der Waals surface area contributed by atoms with Gasteiger partial charge >= 0.3 is 0 Å². The van der Waals surface area contributed by atoms with Crippen LogP contribution in [0.15, 0.2) is 12.1 Å². The first-order valence-corrected chi connectivity index (χ1v) is 13.9. The molecule has 158 valence electrons. The summed E-state index contributed by atoms with van der Waals surface area (Å²) < 4.78 is 6.32. The van der Waals surface area contributed by atoms with Crippen LogP contribution in [-0.4, -0.2) is 57.7 Å². The number of phenols is 1. The van der Waals surface area contributed by atoms with Crippen LogP contribution in [0.1, 0.15) is 33.6 Å². The summed E-state index contributed by atoms with van der Waals surface area (Å²) in [4.78, 5) is 4.70. The Labute approximate surface area is 180 Å². The van der Waals surface area contributed by atoms with E-state index >= 15 is 0 Å². The molecule has 2 saturated heterocycles. The smallest absolute Gasteiger partial charge is 0.192 e. The third-order valence-corrected chi connectivity index (χ3v) is 12.3.